The first-order valence-electron chi connectivity index (χ1n) is 7.53. The maximum absolute atomic E-state index is 3.58. The number of nitrogens with one attached hydrogen (secondary N) is 1. The lowest BCUT2D eigenvalue weighted by Crippen LogP contribution is -2.38. The van der Waals surface area contributed by atoms with Crippen molar-refractivity contribution in [1.29, 1.82) is 0 Å². The van der Waals surface area contributed by atoms with Gasteiger partial charge in [0, 0.05) is 6.54 Å². The second kappa shape index (κ2) is 6.38. The van der Waals surface area contributed by atoms with Crippen LogP contribution < -0.4 is 5.32 Å². The molecular weight excluding hydrogens is 218 g/mol. The van der Waals surface area contributed by atoms with Gasteiger partial charge in [-0.05, 0) is 43.2 Å². The van der Waals surface area contributed by atoms with E-state index in [-0.39, 0.29) is 0 Å². The van der Waals surface area contributed by atoms with Crippen LogP contribution in [0.1, 0.15) is 50.2 Å². The molecule has 0 aliphatic carbocycles. The lowest BCUT2D eigenvalue weighted by atomic mass is 9.72. The summed E-state index contributed by atoms with van der Waals surface area (Å²) < 4.78 is 0. The van der Waals surface area contributed by atoms with Gasteiger partial charge < -0.3 is 5.32 Å². The summed E-state index contributed by atoms with van der Waals surface area (Å²) in [6.07, 6.45) is 3.98. The molecule has 1 aliphatic rings. The van der Waals surface area contributed by atoms with Crippen LogP contribution in [0.2, 0.25) is 0 Å². The van der Waals surface area contributed by atoms with E-state index in [9.17, 15) is 0 Å². The molecule has 0 bridgehead atoms. The quantitative estimate of drug-likeness (QED) is 0.841. The van der Waals surface area contributed by atoms with E-state index < -0.39 is 0 Å². The van der Waals surface area contributed by atoms with Crippen molar-refractivity contribution >= 4 is 0 Å². The van der Waals surface area contributed by atoms with Crippen molar-refractivity contribution in [1.82, 2.24) is 5.32 Å². The Hall–Kier alpha value is -0.820. The zero-order chi connectivity index (χ0) is 13.0. The summed E-state index contributed by atoms with van der Waals surface area (Å²) in [6.45, 7) is 9.22. The predicted molar refractivity (Wildman–Crippen MR) is 79.0 cm³/mol. The van der Waals surface area contributed by atoms with Gasteiger partial charge in [-0.25, -0.2) is 0 Å². The zero-order valence-electron chi connectivity index (χ0n) is 12.1. The second-order valence-electron chi connectivity index (χ2n) is 5.75. The Morgan fingerprint density at radius 3 is 2.44 bits per heavy atom. The molecule has 0 spiro atoms. The van der Waals surface area contributed by atoms with Gasteiger partial charge in [-0.1, -0.05) is 56.5 Å². The van der Waals surface area contributed by atoms with Crippen LogP contribution >= 0.6 is 0 Å². The lowest BCUT2D eigenvalue weighted by Gasteiger charge is -2.37. The van der Waals surface area contributed by atoms with E-state index in [0.29, 0.717) is 5.92 Å². The normalized spacial score (nSPS) is 24.4. The highest BCUT2D eigenvalue weighted by Crippen LogP contribution is 2.37. The van der Waals surface area contributed by atoms with Crippen molar-refractivity contribution in [3.63, 3.8) is 0 Å². The van der Waals surface area contributed by atoms with E-state index >= 15 is 0 Å². The van der Waals surface area contributed by atoms with Gasteiger partial charge in [0.15, 0.2) is 0 Å². The molecule has 0 radical (unpaired) electrons. The molecule has 1 N–H and O–H groups in total. The van der Waals surface area contributed by atoms with E-state index in [1.807, 2.05) is 0 Å². The van der Waals surface area contributed by atoms with E-state index in [1.165, 1.54) is 36.9 Å². The third kappa shape index (κ3) is 2.95. The maximum atomic E-state index is 3.58. The van der Waals surface area contributed by atoms with Gasteiger partial charge in [-0.15, -0.1) is 0 Å². The van der Waals surface area contributed by atoms with Crippen molar-refractivity contribution in [2.24, 2.45) is 11.8 Å². The van der Waals surface area contributed by atoms with Gasteiger partial charge in [0.25, 0.3) is 0 Å². The molecule has 0 aromatic heterocycles. The van der Waals surface area contributed by atoms with Crippen LogP contribution in [-0.2, 0) is 0 Å². The average Bonchev–Trinajstić information content (AvgIpc) is 2.42. The molecule has 1 heterocycles. The van der Waals surface area contributed by atoms with Gasteiger partial charge in [-0.2, -0.15) is 0 Å². The fourth-order valence-electron chi connectivity index (χ4n) is 3.52. The van der Waals surface area contributed by atoms with Crippen LogP contribution in [0.4, 0.5) is 0 Å². The Kier molecular flexibility index (Phi) is 4.82. The van der Waals surface area contributed by atoms with Gasteiger partial charge in [0.1, 0.15) is 0 Å². The minimum absolute atomic E-state index is 0.712. The summed E-state index contributed by atoms with van der Waals surface area (Å²) in [5.41, 5.74) is 2.89. The summed E-state index contributed by atoms with van der Waals surface area (Å²) in [7, 11) is 0. The first-order chi connectivity index (χ1) is 8.76. The van der Waals surface area contributed by atoms with Crippen LogP contribution in [0.5, 0.6) is 0 Å². The van der Waals surface area contributed by atoms with Crippen molar-refractivity contribution in [3.05, 3.63) is 35.4 Å². The van der Waals surface area contributed by atoms with E-state index in [4.69, 9.17) is 0 Å². The standard InChI is InChI=1S/C17H27N/c1-4-14(5-2)16-10-11-18-12-17(16)15-8-6-13(3)7-9-15/h6-9,14,16-18H,4-5,10-12H2,1-3H3. The zero-order valence-corrected chi connectivity index (χ0v) is 12.1. The summed E-state index contributed by atoms with van der Waals surface area (Å²) in [6, 6.07) is 9.19. The molecule has 2 unspecified atom stereocenters. The first-order valence-corrected chi connectivity index (χ1v) is 7.53. The predicted octanol–water partition coefficient (Wildman–Crippen LogP) is 4.12. The summed E-state index contributed by atoms with van der Waals surface area (Å²) in [4.78, 5) is 0. The molecule has 0 saturated carbocycles. The molecule has 1 heteroatoms. The molecule has 0 amide bonds. The number of rotatable bonds is 4. The fourth-order valence-corrected chi connectivity index (χ4v) is 3.52. The van der Waals surface area contributed by atoms with Gasteiger partial charge in [-0.3, -0.25) is 0 Å². The highest BCUT2D eigenvalue weighted by atomic mass is 14.9. The largest absolute Gasteiger partial charge is 0.316 e. The van der Waals surface area contributed by atoms with Crippen molar-refractivity contribution in [2.45, 2.75) is 46.0 Å². The SMILES string of the molecule is CCC(CC)C1CCNCC1c1ccc(C)cc1. The molecule has 1 fully saturated rings. The van der Waals surface area contributed by atoms with E-state index in [2.05, 4.69) is 50.4 Å². The summed E-state index contributed by atoms with van der Waals surface area (Å²) >= 11 is 0. The highest BCUT2D eigenvalue weighted by Gasteiger charge is 2.30. The molecule has 18 heavy (non-hydrogen) atoms. The minimum Gasteiger partial charge on any atom is -0.316 e. The molecular formula is C17H27N. The minimum atomic E-state index is 0.712. The molecule has 1 aromatic carbocycles. The maximum Gasteiger partial charge on any atom is 0.00229 e. The average molecular weight is 245 g/mol. The van der Waals surface area contributed by atoms with Crippen molar-refractivity contribution < 1.29 is 0 Å². The topological polar surface area (TPSA) is 12.0 Å². The number of hydrogen-bond donors (Lipinski definition) is 1. The molecule has 2 atom stereocenters. The smallest absolute Gasteiger partial charge is 0.00229 e. The first kappa shape index (κ1) is 13.6. The number of hydrogen-bond acceptors (Lipinski definition) is 1. The van der Waals surface area contributed by atoms with Crippen LogP contribution in [0.3, 0.4) is 0 Å². The van der Waals surface area contributed by atoms with Gasteiger partial charge >= 0.3 is 0 Å². The number of benzene rings is 1. The Labute approximate surface area is 112 Å². The van der Waals surface area contributed by atoms with Gasteiger partial charge in [0.05, 0.1) is 0 Å². The molecule has 2 rings (SSSR count). The number of piperidine rings is 1. The Bertz CT molecular complexity index is 350. The van der Waals surface area contributed by atoms with Crippen LogP contribution in [0.15, 0.2) is 24.3 Å². The second-order valence-corrected chi connectivity index (χ2v) is 5.75. The lowest BCUT2D eigenvalue weighted by molar-refractivity contribution is 0.213. The summed E-state index contributed by atoms with van der Waals surface area (Å²) in [5.74, 6) is 2.46. The van der Waals surface area contributed by atoms with Crippen molar-refractivity contribution in [3.8, 4) is 0 Å². The molecule has 1 aromatic rings. The Morgan fingerprint density at radius 1 is 1.17 bits per heavy atom. The van der Waals surface area contributed by atoms with E-state index in [0.717, 1.165) is 18.4 Å². The third-order valence-electron chi connectivity index (χ3n) is 4.70. The highest BCUT2D eigenvalue weighted by molar-refractivity contribution is 5.26. The Balaban J connectivity index is 2.19. The van der Waals surface area contributed by atoms with Crippen LogP contribution in [0, 0.1) is 18.8 Å². The molecule has 100 valence electrons. The van der Waals surface area contributed by atoms with Gasteiger partial charge in [0.2, 0.25) is 0 Å². The molecule has 1 saturated heterocycles. The monoisotopic (exact) mass is 245 g/mol. The Morgan fingerprint density at radius 2 is 1.83 bits per heavy atom. The molecule has 1 nitrogen and oxygen atoms in total. The number of aryl methyl sites for hydroxylation is 1. The summed E-state index contributed by atoms with van der Waals surface area (Å²) in [5, 5.41) is 3.58. The van der Waals surface area contributed by atoms with Crippen LogP contribution in [0.25, 0.3) is 0 Å². The fraction of sp³-hybridized carbons (Fsp3) is 0.647. The third-order valence-corrected chi connectivity index (χ3v) is 4.70. The van der Waals surface area contributed by atoms with Crippen LogP contribution in [-0.4, -0.2) is 13.1 Å². The van der Waals surface area contributed by atoms with Crippen molar-refractivity contribution in [2.75, 3.05) is 13.1 Å². The van der Waals surface area contributed by atoms with E-state index in [1.54, 1.807) is 0 Å². The molecule has 1 aliphatic heterocycles.